The molecule has 0 bridgehead atoms. The van der Waals surface area contributed by atoms with Crippen molar-refractivity contribution in [1.29, 1.82) is 0 Å². The molecule has 1 aliphatic rings. The second-order valence-corrected chi connectivity index (χ2v) is 7.14. The number of rotatable bonds is 6. The van der Waals surface area contributed by atoms with E-state index >= 15 is 0 Å². The highest BCUT2D eigenvalue weighted by Crippen LogP contribution is 2.23. The van der Waals surface area contributed by atoms with Crippen LogP contribution in [0.2, 0.25) is 0 Å². The number of aromatic nitrogens is 6. The molecule has 2 N–H and O–H groups in total. The molecular weight excluding hydrogens is 358 g/mol. The van der Waals surface area contributed by atoms with Gasteiger partial charge in [-0.25, -0.2) is 9.89 Å². The van der Waals surface area contributed by atoms with Crippen LogP contribution in [-0.2, 0) is 30.6 Å². The van der Waals surface area contributed by atoms with Gasteiger partial charge in [0, 0.05) is 25.8 Å². The molecule has 28 heavy (non-hydrogen) atoms. The van der Waals surface area contributed by atoms with Gasteiger partial charge in [0.05, 0.1) is 12.6 Å². The maximum Gasteiger partial charge on any atom is 0.340 e. The van der Waals surface area contributed by atoms with Gasteiger partial charge in [-0.2, -0.15) is 5.10 Å². The number of nitrogens with one attached hydrogen (secondary N) is 2. The number of aryl methyl sites for hydroxylation is 3. The first kappa shape index (κ1) is 18.1. The van der Waals surface area contributed by atoms with Crippen molar-refractivity contribution in [3.63, 3.8) is 0 Å². The highest BCUT2D eigenvalue weighted by Gasteiger charge is 2.28. The second-order valence-electron chi connectivity index (χ2n) is 7.14. The molecule has 1 amide bonds. The zero-order valence-electron chi connectivity index (χ0n) is 15.8. The maximum atomic E-state index is 12.6. The molecule has 2 aromatic heterocycles. The molecule has 1 aromatic carbocycles. The SMILES string of the molecule is C[C@H]1CN(C(=O)CCc2n[nH]c(=O)[nH]2)Cc2nnc(CCc3ccccc3)n21. The molecule has 0 radical (unpaired) electrons. The second kappa shape index (κ2) is 7.79. The summed E-state index contributed by atoms with van der Waals surface area (Å²) in [5.41, 5.74) is 0.918. The Morgan fingerprint density at radius 1 is 1.18 bits per heavy atom. The third-order valence-corrected chi connectivity index (χ3v) is 5.05. The Labute approximate surface area is 161 Å². The van der Waals surface area contributed by atoms with Crippen molar-refractivity contribution in [2.75, 3.05) is 6.54 Å². The van der Waals surface area contributed by atoms with Gasteiger partial charge in [0.25, 0.3) is 0 Å². The number of nitrogens with zero attached hydrogens (tertiary/aromatic N) is 5. The molecule has 0 saturated heterocycles. The van der Waals surface area contributed by atoms with Gasteiger partial charge >= 0.3 is 5.69 Å². The summed E-state index contributed by atoms with van der Waals surface area (Å²) >= 11 is 0. The summed E-state index contributed by atoms with van der Waals surface area (Å²) in [7, 11) is 0. The molecule has 3 heterocycles. The fourth-order valence-corrected chi connectivity index (χ4v) is 3.68. The number of hydrogen-bond donors (Lipinski definition) is 2. The van der Waals surface area contributed by atoms with Crippen molar-refractivity contribution >= 4 is 5.91 Å². The summed E-state index contributed by atoms with van der Waals surface area (Å²) in [6.45, 7) is 3.17. The summed E-state index contributed by atoms with van der Waals surface area (Å²) in [6, 6.07) is 10.4. The first-order valence-corrected chi connectivity index (χ1v) is 9.48. The zero-order valence-corrected chi connectivity index (χ0v) is 15.8. The number of carbonyl (C=O) groups is 1. The Hall–Kier alpha value is -3.23. The van der Waals surface area contributed by atoms with E-state index in [0.29, 0.717) is 31.8 Å². The molecule has 1 atom stereocenters. The van der Waals surface area contributed by atoms with Crippen molar-refractivity contribution in [2.24, 2.45) is 0 Å². The molecule has 0 spiro atoms. The van der Waals surface area contributed by atoms with E-state index in [1.807, 2.05) is 18.2 Å². The van der Waals surface area contributed by atoms with Crippen LogP contribution in [0.15, 0.2) is 35.1 Å². The first-order chi connectivity index (χ1) is 13.6. The largest absolute Gasteiger partial charge is 0.340 e. The van der Waals surface area contributed by atoms with Gasteiger partial charge in [-0.15, -0.1) is 10.2 Å². The Balaban J connectivity index is 1.39. The Morgan fingerprint density at radius 2 is 2.00 bits per heavy atom. The summed E-state index contributed by atoms with van der Waals surface area (Å²) < 4.78 is 2.16. The number of H-pyrrole nitrogens is 2. The van der Waals surface area contributed by atoms with E-state index < -0.39 is 0 Å². The normalized spacial score (nSPS) is 16.2. The molecule has 0 fully saturated rings. The third-order valence-electron chi connectivity index (χ3n) is 5.05. The van der Waals surface area contributed by atoms with Crippen LogP contribution < -0.4 is 5.69 Å². The van der Waals surface area contributed by atoms with Crippen LogP contribution in [0.1, 0.15) is 42.4 Å². The van der Waals surface area contributed by atoms with Gasteiger partial charge in [0.1, 0.15) is 11.6 Å². The molecule has 146 valence electrons. The highest BCUT2D eigenvalue weighted by molar-refractivity contribution is 5.76. The minimum Gasteiger partial charge on any atom is -0.333 e. The fourth-order valence-electron chi connectivity index (χ4n) is 3.68. The molecule has 0 aliphatic carbocycles. The van der Waals surface area contributed by atoms with E-state index in [1.165, 1.54) is 5.56 Å². The van der Waals surface area contributed by atoms with E-state index in [1.54, 1.807) is 4.90 Å². The highest BCUT2D eigenvalue weighted by atomic mass is 16.2. The number of fused-ring (bicyclic) bond motifs is 1. The molecule has 9 nitrogen and oxygen atoms in total. The van der Waals surface area contributed by atoms with E-state index in [0.717, 1.165) is 24.5 Å². The molecule has 0 unspecified atom stereocenters. The number of hydrogen-bond acceptors (Lipinski definition) is 5. The van der Waals surface area contributed by atoms with Gasteiger partial charge in [0.2, 0.25) is 5.91 Å². The number of benzene rings is 1. The molecule has 1 aliphatic heterocycles. The first-order valence-electron chi connectivity index (χ1n) is 9.48. The lowest BCUT2D eigenvalue weighted by Crippen LogP contribution is -2.41. The lowest BCUT2D eigenvalue weighted by Gasteiger charge is -2.32. The summed E-state index contributed by atoms with van der Waals surface area (Å²) in [6.07, 6.45) is 2.43. The third kappa shape index (κ3) is 3.88. The standard InChI is InChI=1S/C19H23N7O2/c1-13-11-25(18(27)10-8-15-20-19(28)24-21-15)12-17-23-22-16(26(13)17)9-7-14-5-3-2-4-6-14/h2-6,13H,7-12H2,1H3,(H2,20,21,24,28)/t13-/m0/s1. The molecule has 3 aromatic rings. The van der Waals surface area contributed by atoms with Gasteiger partial charge < -0.3 is 9.47 Å². The van der Waals surface area contributed by atoms with Crippen LogP contribution in [0.5, 0.6) is 0 Å². The average molecular weight is 381 g/mol. The molecule has 9 heteroatoms. The van der Waals surface area contributed by atoms with Crippen LogP contribution in [-0.4, -0.2) is 47.3 Å². The van der Waals surface area contributed by atoms with E-state index in [-0.39, 0.29) is 17.6 Å². The Kier molecular flexibility index (Phi) is 5.05. The van der Waals surface area contributed by atoms with Crippen molar-refractivity contribution in [1.82, 2.24) is 34.8 Å². The van der Waals surface area contributed by atoms with Crippen LogP contribution in [0, 0.1) is 0 Å². The quantitative estimate of drug-likeness (QED) is 0.662. The van der Waals surface area contributed by atoms with Crippen LogP contribution >= 0.6 is 0 Å². The minimum absolute atomic E-state index is 0.0239. The van der Waals surface area contributed by atoms with Gasteiger partial charge in [-0.05, 0) is 18.9 Å². The smallest absolute Gasteiger partial charge is 0.333 e. The summed E-state index contributed by atoms with van der Waals surface area (Å²) in [5.74, 6) is 2.31. The average Bonchev–Trinajstić information content (AvgIpc) is 3.31. The van der Waals surface area contributed by atoms with Crippen molar-refractivity contribution < 1.29 is 4.79 Å². The number of carbonyl (C=O) groups excluding carboxylic acids is 1. The number of amides is 1. The Morgan fingerprint density at radius 3 is 2.75 bits per heavy atom. The van der Waals surface area contributed by atoms with Crippen molar-refractivity contribution in [3.05, 3.63) is 63.9 Å². The van der Waals surface area contributed by atoms with E-state index in [4.69, 9.17) is 0 Å². The maximum absolute atomic E-state index is 12.6. The Bertz CT molecular complexity index is 1000. The molecular formula is C19H23N7O2. The molecule has 4 rings (SSSR count). The monoisotopic (exact) mass is 381 g/mol. The van der Waals surface area contributed by atoms with Crippen LogP contribution in [0.25, 0.3) is 0 Å². The van der Waals surface area contributed by atoms with Crippen molar-refractivity contribution in [3.8, 4) is 0 Å². The topological polar surface area (TPSA) is 113 Å². The lowest BCUT2D eigenvalue weighted by atomic mass is 10.1. The van der Waals surface area contributed by atoms with Crippen molar-refractivity contribution in [2.45, 2.75) is 45.2 Å². The van der Waals surface area contributed by atoms with Crippen LogP contribution in [0.3, 0.4) is 0 Å². The van der Waals surface area contributed by atoms with Gasteiger partial charge in [0.15, 0.2) is 5.82 Å². The summed E-state index contributed by atoms with van der Waals surface area (Å²) in [4.78, 5) is 28.0. The number of aromatic amines is 2. The van der Waals surface area contributed by atoms with Gasteiger partial charge in [-0.1, -0.05) is 30.3 Å². The predicted octanol–water partition coefficient (Wildman–Crippen LogP) is 1.01. The van der Waals surface area contributed by atoms with Crippen LogP contribution in [0.4, 0.5) is 0 Å². The van der Waals surface area contributed by atoms with E-state index in [2.05, 4.69) is 49.0 Å². The molecule has 0 saturated carbocycles. The van der Waals surface area contributed by atoms with Gasteiger partial charge in [-0.3, -0.25) is 9.78 Å². The zero-order chi connectivity index (χ0) is 19.5. The minimum atomic E-state index is -0.356. The fraction of sp³-hybridized carbons (Fsp3) is 0.421. The predicted molar refractivity (Wildman–Crippen MR) is 102 cm³/mol. The summed E-state index contributed by atoms with van der Waals surface area (Å²) in [5, 5.41) is 14.9. The lowest BCUT2D eigenvalue weighted by molar-refractivity contribution is -0.133. The van der Waals surface area contributed by atoms with E-state index in [9.17, 15) is 9.59 Å².